The van der Waals surface area contributed by atoms with Gasteiger partial charge in [0.25, 0.3) is 0 Å². The van der Waals surface area contributed by atoms with Crippen molar-refractivity contribution >= 4 is 11.9 Å². The number of allylic oxidation sites excluding steroid dienone is 4. The van der Waals surface area contributed by atoms with E-state index in [1.54, 1.807) is 7.05 Å². The first-order chi connectivity index (χ1) is 23.1. The third-order valence-electron chi connectivity index (χ3n) is 15.3. The quantitative estimate of drug-likeness (QED) is 0.161. The number of aliphatic hydroxyl groups excluding tert-OH is 1. The van der Waals surface area contributed by atoms with Gasteiger partial charge >= 0.3 is 5.97 Å². The Kier molecular flexibility index (Phi) is 8.06. The van der Waals surface area contributed by atoms with E-state index in [-0.39, 0.29) is 47.4 Å². The van der Waals surface area contributed by atoms with Crippen molar-refractivity contribution in [2.45, 2.75) is 95.4 Å². The summed E-state index contributed by atoms with van der Waals surface area (Å²) in [5, 5.41) is 37.4. The first-order valence-electron chi connectivity index (χ1n) is 18.8. The van der Waals surface area contributed by atoms with Gasteiger partial charge in [-0.2, -0.15) is 0 Å². The molecule has 48 heavy (non-hydrogen) atoms. The molecule has 0 amide bonds. The molecule has 9 nitrogen and oxygen atoms in total. The number of aliphatic imine (C=N–C) groups is 1. The molecule has 0 aromatic heterocycles. The summed E-state index contributed by atoms with van der Waals surface area (Å²) in [7, 11) is 1.71. The van der Waals surface area contributed by atoms with E-state index < -0.39 is 23.1 Å². The van der Waals surface area contributed by atoms with Crippen molar-refractivity contribution in [3.05, 3.63) is 47.7 Å². The fraction of sp³-hybridized carbons (Fsp3) is 0.744. The second kappa shape index (κ2) is 11.8. The van der Waals surface area contributed by atoms with E-state index in [1.165, 1.54) is 32.1 Å². The van der Waals surface area contributed by atoms with Gasteiger partial charge in [0.1, 0.15) is 5.60 Å². The lowest BCUT2D eigenvalue weighted by Gasteiger charge is -2.61. The van der Waals surface area contributed by atoms with E-state index in [9.17, 15) is 20.1 Å². The zero-order valence-electron chi connectivity index (χ0n) is 28.8. The van der Waals surface area contributed by atoms with Gasteiger partial charge in [-0.25, -0.2) is 4.79 Å². The number of rotatable bonds is 6. The fourth-order valence-electron chi connectivity index (χ4n) is 13.5. The monoisotopic (exact) mass is 660 g/mol. The molecule has 6 aliphatic carbocycles. The van der Waals surface area contributed by atoms with Crippen LogP contribution in [-0.2, 0) is 9.53 Å². The van der Waals surface area contributed by atoms with Crippen molar-refractivity contribution in [2.24, 2.45) is 62.5 Å². The van der Waals surface area contributed by atoms with Crippen LogP contribution in [0.4, 0.5) is 0 Å². The van der Waals surface area contributed by atoms with Crippen molar-refractivity contribution in [1.82, 2.24) is 10.2 Å². The van der Waals surface area contributed by atoms with Crippen LogP contribution in [0, 0.1) is 51.8 Å². The topological polar surface area (TPSA) is 141 Å². The molecule has 2 aliphatic heterocycles. The molecule has 1 saturated heterocycles. The number of fused-ring (bicyclic) bond motifs is 4. The SMILES string of the molecule is CN=C(N)N1C=CC(CNCCO)C2(C1)C1CCC(C)C23CC(O)(C2CCC4CC5(CCCC5)C5C=CC=CC5C4O2)C(C(=O)O)=C3C1. The van der Waals surface area contributed by atoms with Crippen LogP contribution in [0.3, 0.4) is 0 Å². The minimum atomic E-state index is -1.58. The van der Waals surface area contributed by atoms with Crippen LogP contribution < -0.4 is 11.1 Å². The van der Waals surface area contributed by atoms with Crippen LogP contribution in [0.15, 0.2) is 52.7 Å². The number of carbonyl (C=O) groups is 1. The number of nitrogens with zero attached hydrogens (tertiary/aromatic N) is 2. The Hall–Kier alpha value is -2.46. The third kappa shape index (κ3) is 4.35. The van der Waals surface area contributed by atoms with Gasteiger partial charge in [-0.15, -0.1) is 0 Å². The molecule has 9 heteroatoms. The van der Waals surface area contributed by atoms with Gasteiger partial charge in [-0.3, -0.25) is 4.99 Å². The van der Waals surface area contributed by atoms with Crippen LogP contribution in [-0.4, -0.2) is 83.2 Å². The second-order valence-electron chi connectivity index (χ2n) is 16.8. The molecule has 4 saturated carbocycles. The van der Waals surface area contributed by atoms with Crippen LogP contribution in [0.1, 0.15) is 77.6 Å². The Bertz CT molecular complexity index is 1460. The molecule has 262 valence electrons. The van der Waals surface area contributed by atoms with Crippen molar-refractivity contribution in [1.29, 1.82) is 0 Å². The van der Waals surface area contributed by atoms with Gasteiger partial charge in [-0.05, 0) is 98.4 Å². The zero-order chi connectivity index (χ0) is 33.5. The van der Waals surface area contributed by atoms with E-state index >= 15 is 0 Å². The molecule has 8 aliphatic rings. The number of aliphatic hydroxyl groups is 2. The summed E-state index contributed by atoms with van der Waals surface area (Å²) in [5.41, 5.74) is 5.53. The summed E-state index contributed by atoms with van der Waals surface area (Å²) in [6, 6.07) is 0. The lowest BCUT2D eigenvalue weighted by atomic mass is 9.45. The zero-order valence-corrected chi connectivity index (χ0v) is 28.8. The Morgan fingerprint density at radius 3 is 2.69 bits per heavy atom. The highest BCUT2D eigenvalue weighted by Gasteiger charge is 2.76. The summed E-state index contributed by atoms with van der Waals surface area (Å²) >= 11 is 0. The average molecular weight is 661 g/mol. The minimum Gasteiger partial charge on any atom is -0.478 e. The number of hydrogen-bond donors (Lipinski definition) is 5. The second-order valence-corrected chi connectivity index (χ2v) is 16.8. The fourth-order valence-corrected chi connectivity index (χ4v) is 13.5. The smallest absolute Gasteiger partial charge is 0.334 e. The van der Waals surface area contributed by atoms with E-state index in [4.69, 9.17) is 10.5 Å². The van der Waals surface area contributed by atoms with Gasteiger partial charge in [0.15, 0.2) is 5.96 Å². The highest BCUT2D eigenvalue weighted by Crippen LogP contribution is 2.77. The number of carboxylic acid groups (broad SMARTS) is 1. The number of nitrogens with two attached hydrogens (primary N) is 1. The first-order valence-corrected chi connectivity index (χ1v) is 18.8. The highest BCUT2D eigenvalue weighted by atomic mass is 16.5. The number of ether oxygens (including phenoxy) is 1. The van der Waals surface area contributed by atoms with Gasteiger partial charge in [0, 0.05) is 49.6 Å². The van der Waals surface area contributed by atoms with E-state index in [0.29, 0.717) is 62.1 Å². The van der Waals surface area contributed by atoms with Crippen molar-refractivity contribution in [2.75, 3.05) is 33.3 Å². The molecular weight excluding hydrogens is 604 g/mol. The maximum Gasteiger partial charge on any atom is 0.334 e. The van der Waals surface area contributed by atoms with Gasteiger partial charge in [0.05, 0.1) is 24.4 Å². The summed E-state index contributed by atoms with van der Waals surface area (Å²) < 4.78 is 7.19. The highest BCUT2D eigenvalue weighted by molar-refractivity contribution is 5.92. The summed E-state index contributed by atoms with van der Waals surface area (Å²) in [6.45, 7) is 4.13. The summed E-state index contributed by atoms with van der Waals surface area (Å²) in [6.07, 6.45) is 23.9. The van der Waals surface area contributed by atoms with Crippen LogP contribution in [0.5, 0.6) is 0 Å². The van der Waals surface area contributed by atoms with Crippen LogP contribution >= 0.6 is 0 Å². The average Bonchev–Trinajstić information content (AvgIpc) is 3.71. The molecule has 5 fully saturated rings. The van der Waals surface area contributed by atoms with Gasteiger partial charge < -0.3 is 36.0 Å². The Morgan fingerprint density at radius 2 is 1.94 bits per heavy atom. The largest absolute Gasteiger partial charge is 0.478 e. The van der Waals surface area contributed by atoms with Crippen molar-refractivity contribution in [3.8, 4) is 0 Å². The van der Waals surface area contributed by atoms with Gasteiger partial charge in [-0.1, -0.05) is 50.1 Å². The molecule has 2 heterocycles. The Balaban J connectivity index is 1.19. The number of guanidine groups is 1. The molecule has 6 N–H and O–H groups in total. The normalized spacial score (nSPS) is 45.6. The predicted molar refractivity (Wildman–Crippen MR) is 185 cm³/mol. The molecule has 0 aromatic rings. The lowest BCUT2D eigenvalue weighted by molar-refractivity contribution is -0.210. The Labute approximate surface area is 285 Å². The van der Waals surface area contributed by atoms with Crippen LogP contribution in [0.25, 0.3) is 0 Å². The third-order valence-corrected chi connectivity index (χ3v) is 15.3. The maximum absolute atomic E-state index is 13.6. The standard InChI is InChI=1S/C39H56N4O5/c1-24-9-11-26-19-30-32(34(45)46)39(47,22-37(24,30)38(26)23-43(35(40)41-2)17-13-27(38)21-42-16-18-44)31-12-10-25-20-36(14-5-6-15-36)29-8-4-3-7-28(29)33(25)48-31/h3-4,7-8,13,17,24-29,31,33,42,44,47H,5-6,9-12,14-16,18-23H2,1-2H3,(H2,40,41)(H,45,46). The number of carboxylic acids is 1. The summed E-state index contributed by atoms with van der Waals surface area (Å²) in [5.74, 6) is 1.08. The summed E-state index contributed by atoms with van der Waals surface area (Å²) in [4.78, 5) is 19.9. The van der Waals surface area contributed by atoms with Crippen molar-refractivity contribution in [3.63, 3.8) is 0 Å². The predicted octanol–water partition coefficient (Wildman–Crippen LogP) is 4.38. The molecule has 0 radical (unpaired) electrons. The number of aliphatic carboxylic acids is 1. The lowest BCUT2D eigenvalue weighted by Crippen LogP contribution is -2.63. The minimum absolute atomic E-state index is 0.0160. The molecule has 8 rings (SSSR count). The number of nitrogens with one attached hydrogen (secondary N) is 1. The number of hydrogen-bond acceptors (Lipinski definition) is 6. The maximum atomic E-state index is 13.6. The molecule has 11 unspecified atom stereocenters. The van der Waals surface area contributed by atoms with Crippen LogP contribution in [0.2, 0.25) is 0 Å². The Morgan fingerprint density at radius 1 is 1.15 bits per heavy atom. The van der Waals surface area contributed by atoms with E-state index in [0.717, 1.165) is 24.8 Å². The first kappa shape index (κ1) is 32.7. The van der Waals surface area contributed by atoms with E-state index in [2.05, 4.69) is 47.6 Å². The molecule has 0 aromatic carbocycles. The molecule has 11 atom stereocenters. The van der Waals surface area contributed by atoms with E-state index in [1.807, 2.05) is 11.1 Å². The van der Waals surface area contributed by atoms with Crippen molar-refractivity contribution < 1.29 is 24.9 Å². The molecular formula is C39H56N4O5. The van der Waals surface area contributed by atoms with Gasteiger partial charge in [0.2, 0.25) is 0 Å². The molecule has 3 spiro atoms. The molecule has 2 bridgehead atoms.